The first-order valence-corrected chi connectivity index (χ1v) is 6.68. The number of rotatable bonds is 5. The number of amides is 1. The summed E-state index contributed by atoms with van der Waals surface area (Å²) in [4.78, 5) is 16.1. The third kappa shape index (κ3) is 3.38. The monoisotopic (exact) mass is 272 g/mol. The fraction of sp³-hybridized carbons (Fsp3) is 0.333. The number of carbonyl (C=O) groups excluding carboxylic acids is 1. The summed E-state index contributed by atoms with van der Waals surface area (Å²) in [5, 5.41) is 2.92. The maximum atomic E-state index is 12.1. The number of imidazole rings is 1. The molecule has 0 aliphatic carbocycles. The molecule has 0 aliphatic rings. The lowest BCUT2D eigenvalue weighted by molar-refractivity contribution is 0.0952. The van der Waals surface area contributed by atoms with Gasteiger partial charge < -0.3 is 15.6 Å². The second kappa shape index (κ2) is 6.23. The Kier molecular flexibility index (Phi) is 4.40. The van der Waals surface area contributed by atoms with Crippen molar-refractivity contribution in [3.05, 3.63) is 47.5 Å². The molecule has 1 heterocycles. The van der Waals surface area contributed by atoms with Crippen LogP contribution in [0.25, 0.3) is 0 Å². The minimum atomic E-state index is -0.0696. The minimum Gasteiger partial charge on any atom is -0.398 e. The Hall–Kier alpha value is -2.30. The van der Waals surface area contributed by atoms with Crippen LogP contribution in [0.3, 0.4) is 0 Å². The molecule has 3 N–H and O–H groups in total. The van der Waals surface area contributed by atoms with E-state index in [1.165, 1.54) is 0 Å². The summed E-state index contributed by atoms with van der Waals surface area (Å²) < 4.78 is 1.99. The average molecular weight is 272 g/mol. The standard InChI is InChI=1S/C15H20N4O/c1-11-8-12(2)14(16)9-13(11)15(20)18-4-3-6-19-7-5-17-10-19/h5,7-10H,3-4,6,16H2,1-2H3,(H,18,20). The molecule has 1 aromatic carbocycles. The number of nitrogens with one attached hydrogen (secondary N) is 1. The molecule has 20 heavy (non-hydrogen) atoms. The smallest absolute Gasteiger partial charge is 0.251 e. The molecule has 0 aliphatic heterocycles. The van der Waals surface area contributed by atoms with Crippen LogP contribution in [0.1, 0.15) is 27.9 Å². The van der Waals surface area contributed by atoms with Gasteiger partial charge in [0, 0.05) is 36.7 Å². The molecule has 2 rings (SSSR count). The number of nitrogen functional groups attached to an aromatic ring is 1. The molecular formula is C15H20N4O. The number of hydrogen-bond donors (Lipinski definition) is 2. The van der Waals surface area contributed by atoms with Crippen molar-refractivity contribution in [3.8, 4) is 0 Å². The van der Waals surface area contributed by atoms with Crippen molar-refractivity contribution in [2.24, 2.45) is 0 Å². The van der Waals surface area contributed by atoms with Crippen LogP contribution in [0.5, 0.6) is 0 Å². The van der Waals surface area contributed by atoms with Crippen molar-refractivity contribution < 1.29 is 4.79 Å². The second-order valence-electron chi connectivity index (χ2n) is 4.93. The molecule has 5 nitrogen and oxygen atoms in total. The highest BCUT2D eigenvalue weighted by Crippen LogP contribution is 2.17. The quantitative estimate of drug-likeness (QED) is 0.645. The van der Waals surface area contributed by atoms with E-state index in [0.29, 0.717) is 17.8 Å². The van der Waals surface area contributed by atoms with Crippen LogP contribution < -0.4 is 11.1 Å². The lowest BCUT2D eigenvalue weighted by atomic mass is 10.0. The topological polar surface area (TPSA) is 72.9 Å². The lowest BCUT2D eigenvalue weighted by Gasteiger charge is -2.10. The second-order valence-corrected chi connectivity index (χ2v) is 4.93. The van der Waals surface area contributed by atoms with Gasteiger partial charge in [0.05, 0.1) is 6.33 Å². The fourth-order valence-corrected chi connectivity index (χ4v) is 2.09. The molecule has 0 radical (unpaired) electrons. The molecule has 0 atom stereocenters. The summed E-state index contributed by atoms with van der Waals surface area (Å²) in [6, 6.07) is 3.69. The van der Waals surface area contributed by atoms with Crippen LogP contribution >= 0.6 is 0 Å². The number of hydrogen-bond acceptors (Lipinski definition) is 3. The summed E-state index contributed by atoms with van der Waals surface area (Å²) in [5.41, 5.74) is 9.10. The van der Waals surface area contributed by atoms with Gasteiger partial charge in [-0.3, -0.25) is 4.79 Å². The van der Waals surface area contributed by atoms with E-state index in [1.807, 2.05) is 30.7 Å². The van der Waals surface area contributed by atoms with Gasteiger partial charge in [0.1, 0.15) is 0 Å². The summed E-state index contributed by atoms with van der Waals surface area (Å²) >= 11 is 0. The first kappa shape index (κ1) is 14.1. The van der Waals surface area contributed by atoms with E-state index in [4.69, 9.17) is 5.73 Å². The number of nitrogens with two attached hydrogens (primary N) is 1. The molecule has 0 saturated carbocycles. The van der Waals surface area contributed by atoms with E-state index in [1.54, 1.807) is 18.6 Å². The normalized spacial score (nSPS) is 10.5. The highest BCUT2D eigenvalue weighted by Gasteiger charge is 2.10. The van der Waals surface area contributed by atoms with E-state index in [9.17, 15) is 4.79 Å². The maximum Gasteiger partial charge on any atom is 0.251 e. The Morgan fingerprint density at radius 1 is 1.35 bits per heavy atom. The van der Waals surface area contributed by atoms with E-state index in [2.05, 4.69) is 10.3 Å². The van der Waals surface area contributed by atoms with E-state index >= 15 is 0 Å². The Morgan fingerprint density at radius 3 is 2.85 bits per heavy atom. The molecule has 0 spiro atoms. The highest BCUT2D eigenvalue weighted by atomic mass is 16.1. The molecule has 0 unspecified atom stereocenters. The zero-order valence-corrected chi connectivity index (χ0v) is 11.9. The molecule has 0 fully saturated rings. The van der Waals surface area contributed by atoms with Gasteiger partial charge in [0.25, 0.3) is 5.91 Å². The zero-order valence-electron chi connectivity index (χ0n) is 11.9. The minimum absolute atomic E-state index is 0.0696. The number of aryl methyl sites for hydroxylation is 3. The maximum absolute atomic E-state index is 12.1. The molecular weight excluding hydrogens is 252 g/mol. The van der Waals surface area contributed by atoms with Crippen molar-refractivity contribution in [3.63, 3.8) is 0 Å². The third-order valence-electron chi connectivity index (χ3n) is 3.30. The van der Waals surface area contributed by atoms with Crippen molar-refractivity contribution in [2.75, 3.05) is 12.3 Å². The molecule has 0 saturated heterocycles. The van der Waals surface area contributed by atoms with Gasteiger partial charge in [0.15, 0.2) is 0 Å². The van der Waals surface area contributed by atoms with Gasteiger partial charge in [-0.2, -0.15) is 0 Å². The van der Waals surface area contributed by atoms with Gasteiger partial charge in [-0.25, -0.2) is 4.98 Å². The van der Waals surface area contributed by atoms with E-state index < -0.39 is 0 Å². The van der Waals surface area contributed by atoms with E-state index in [-0.39, 0.29) is 5.91 Å². The van der Waals surface area contributed by atoms with Crippen LogP contribution in [0.15, 0.2) is 30.9 Å². The molecule has 2 aromatic rings. The number of anilines is 1. The number of benzene rings is 1. The highest BCUT2D eigenvalue weighted by molar-refractivity contribution is 5.96. The zero-order chi connectivity index (χ0) is 14.5. The molecule has 1 aromatic heterocycles. The van der Waals surface area contributed by atoms with Crippen LogP contribution in [0.4, 0.5) is 5.69 Å². The first-order chi connectivity index (χ1) is 9.58. The van der Waals surface area contributed by atoms with Crippen molar-refractivity contribution in [1.82, 2.24) is 14.9 Å². The van der Waals surface area contributed by atoms with Crippen molar-refractivity contribution in [1.29, 1.82) is 0 Å². The predicted molar refractivity (Wildman–Crippen MR) is 79.5 cm³/mol. The molecule has 0 bridgehead atoms. The van der Waals surface area contributed by atoms with Crippen LogP contribution in [0.2, 0.25) is 0 Å². The van der Waals surface area contributed by atoms with Crippen molar-refractivity contribution >= 4 is 11.6 Å². The summed E-state index contributed by atoms with van der Waals surface area (Å²) in [6.45, 7) is 5.33. The Morgan fingerprint density at radius 2 is 2.15 bits per heavy atom. The third-order valence-corrected chi connectivity index (χ3v) is 3.30. The van der Waals surface area contributed by atoms with Crippen molar-refractivity contribution in [2.45, 2.75) is 26.8 Å². The Balaban J connectivity index is 1.87. The van der Waals surface area contributed by atoms with Gasteiger partial charge in [-0.1, -0.05) is 6.07 Å². The number of nitrogens with zero attached hydrogens (tertiary/aromatic N) is 2. The SMILES string of the molecule is Cc1cc(C)c(C(=O)NCCCn2ccnc2)cc1N. The Labute approximate surface area is 118 Å². The van der Waals surface area contributed by atoms with Crippen LogP contribution in [-0.2, 0) is 6.54 Å². The fourth-order valence-electron chi connectivity index (χ4n) is 2.09. The van der Waals surface area contributed by atoms with Crippen LogP contribution in [0, 0.1) is 13.8 Å². The number of carbonyl (C=O) groups is 1. The average Bonchev–Trinajstić information content (AvgIpc) is 2.92. The largest absolute Gasteiger partial charge is 0.398 e. The predicted octanol–water partition coefficient (Wildman–Crippen LogP) is 1.90. The molecule has 106 valence electrons. The Bertz CT molecular complexity index is 590. The van der Waals surface area contributed by atoms with Gasteiger partial charge in [-0.15, -0.1) is 0 Å². The number of aromatic nitrogens is 2. The first-order valence-electron chi connectivity index (χ1n) is 6.68. The summed E-state index contributed by atoms with van der Waals surface area (Å²) in [5.74, 6) is -0.0696. The van der Waals surface area contributed by atoms with Gasteiger partial charge in [0.2, 0.25) is 0 Å². The molecule has 1 amide bonds. The van der Waals surface area contributed by atoms with Gasteiger partial charge in [-0.05, 0) is 37.5 Å². The van der Waals surface area contributed by atoms with E-state index in [0.717, 1.165) is 24.1 Å². The van der Waals surface area contributed by atoms with Crippen LogP contribution in [-0.4, -0.2) is 22.0 Å². The van der Waals surface area contributed by atoms with Gasteiger partial charge >= 0.3 is 0 Å². The summed E-state index contributed by atoms with van der Waals surface area (Å²) in [7, 11) is 0. The lowest BCUT2D eigenvalue weighted by Crippen LogP contribution is -2.26. The summed E-state index contributed by atoms with van der Waals surface area (Å²) in [6.07, 6.45) is 6.29. The molecule has 5 heteroatoms.